The summed E-state index contributed by atoms with van der Waals surface area (Å²) in [5.41, 5.74) is 8.42. The molecule has 6 heteroatoms. The van der Waals surface area contributed by atoms with Crippen LogP contribution in [-0.2, 0) is 10.8 Å². The summed E-state index contributed by atoms with van der Waals surface area (Å²) in [6.45, 7) is 12.8. The summed E-state index contributed by atoms with van der Waals surface area (Å²) in [5, 5.41) is 9.72. The Labute approximate surface area is 247 Å². The van der Waals surface area contributed by atoms with Crippen molar-refractivity contribution in [3.63, 3.8) is 0 Å². The molecule has 0 saturated heterocycles. The van der Waals surface area contributed by atoms with Gasteiger partial charge in [0.2, 0.25) is 0 Å². The van der Waals surface area contributed by atoms with Crippen molar-refractivity contribution in [2.24, 2.45) is 0 Å². The van der Waals surface area contributed by atoms with Crippen LogP contribution >= 0.6 is 0 Å². The van der Waals surface area contributed by atoms with E-state index in [-0.39, 0.29) is 10.8 Å². The lowest BCUT2D eigenvalue weighted by atomic mass is 9.88. The first-order valence-electron chi connectivity index (χ1n) is 14.3. The highest BCUT2D eigenvalue weighted by molar-refractivity contribution is 5.94. The van der Waals surface area contributed by atoms with E-state index in [1.54, 1.807) is 0 Å². The Balaban J connectivity index is 1.51. The average Bonchev–Trinajstić information content (AvgIpc) is 3.68. The van der Waals surface area contributed by atoms with Crippen molar-refractivity contribution in [3.05, 3.63) is 121 Å². The number of aromatic nitrogens is 6. The van der Waals surface area contributed by atoms with Crippen LogP contribution in [-0.4, -0.2) is 29.5 Å². The summed E-state index contributed by atoms with van der Waals surface area (Å²) < 4.78 is 3.79. The molecule has 0 atom stereocenters. The van der Waals surface area contributed by atoms with Crippen LogP contribution < -0.4 is 0 Å². The summed E-state index contributed by atoms with van der Waals surface area (Å²) in [6, 6.07) is 33.9. The lowest BCUT2D eigenvalue weighted by molar-refractivity contribution is 0.543. The minimum Gasteiger partial charge on any atom is -0.220 e. The lowest BCUT2D eigenvalue weighted by Crippen LogP contribution is -2.14. The quantitative estimate of drug-likeness (QED) is 0.215. The molecule has 0 aliphatic rings. The van der Waals surface area contributed by atoms with E-state index >= 15 is 0 Å². The Morgan fingerprint density at radius 3 is 1.00 bits per heavy atom. The van der Waals surface area contributed by atoms with Crippen LogP contribution in [0, 0.1) is 0 Å². The number of benzene rings is 4. The molecular formula is C36H36N6. The molecule has 0 aliphatic carbocycles. The molecule has 0 unspecified atom stereocenters. The Bertz CT molecular complexity index is 1730. The molecule has 6 nitrogen and oxygen atoms in total. The summed E-state index contributed by atoms with van der Waals surface area (Å²) in [7, 11) is 0. The zero-order chi connectivity index (χ0) is 29.5. The van der Waals surface area contributed by atoms with Crippen molar-refractivity contribution >= 4 is 0 Å². The molecule has 4 aromatic carbocycles. The van der Waals surface area contributed by atoms with E-state index in [0.717, 1.165) is 56.4 Å². The Morgan fingerprint density at radius 2 is 0.690 bits per heavy atom. The third-order valence-corrected chi connectivity index (χ3v) is 7.35. The van der Waals surface area contributed by atoms with Gasteiger partial charge < -0.3 is 0 Å². The van der Waals surface area contributed by atoms with E-state index in [1.165, 1.54) is 0 Å². The maximum absolute atomic E-state index is 4.86. The maximum Gasteiger partial charge on any atom is 0.156 e. The van der Waals surface area contributed by atoms with Gasteiger partial charge in [0, 0.05) is 22.0 Å². The van der Waals surface area contributed by atoms with E-state index in [2.05, 4.69) is 136 Å². The Morgan fingerprint density at radius 1 is 0.405 bits per heavy atom. The predicted molar refractivity (Wildman–Crippen MR) is 170 cm³/mol. The molecule has 6 rings (SSSR count). The van der Waals surface area contributed by atoms with Gasteiger partial charge in [0.1, 0.15) is 12.7 Å². The normalized spacial score (nSPS) is 12.0. The lowest BCUT2D eigenvalue weighted by Gasteiger charge is -2.18. The third kappa shape index (κ3) is 5.16. The first-order chi connectivity index (χ1) is 20.1. The van der Waals surface area contributed by atoms with Gasteiger partial charge in [0.05, 0.1) is 11.4 Å². The van der Waals surface area contributed by atoms with E-state index in [0.29, 0.717) is 0 Å². The van der Waals surface area contributed by atoms with Gasteiger partial charge in [-0.25, -0.2) is 19.3 Å². The van der Waals surface area contributed by atoms with E-state index < -0.39 is 0 Å². The molecule has 0 amide bonds. The highest BCUT2D eigenvalue weighted by atomic mass is 15.3. The molecule has 2 aromatic heterocycles. The Hall–Kier alpha value is -4.84. The summed E-state index contributed by atoms with van der Waals surface area (Å²) >= 11 is 0. The largest absolute Gasteiger partial charge is 0.220 e. The van der Waals surface area contributed by atoms with Crippen LogP contribution in [0.1, 0.15) is 53.2 Å². The molecule has 0 saturated carbocycles. The summed E-state index contributed by atoms with van der Waals surface area (Å²) in [5.74, 6) is 1.63. The zero-order valence-corrected chi connectivity index (χ0v) is 25.1. The zero-order valence-electron chi connectivity index (χ0n) is 25.1. The summed E-state index contributed by atoms with van der Waals surface area (Å²) in [4.78, 5) is 9.25. The second-order valence-electron chi connectivity index (χ2n) is 12.7. The average molecular weight is 553 g/mol. The predicted octanol–water partition coefficient (Wildman–Crippen LogP) is 8.44. The number of nitrogens with zero attached hydrogens (tertiary/aromatic N) is 6. The number of hydrogen-bond donors (Lipinski definition) is 0. The second-order valence-corrected chi connectivity index (χ2v) is 12.7. The van der Waals surface area contributed by atoms with Crippen molar-refractivity contribution in [2.75, 3.05) is 0 Å². The topological polar surface area (TPSA) is 61.4 Å². The molecule has 6 aromatic rings. The maximum atomic E-state index is 4.86. The monoisotopic (exact) mass is 552 g/mol. The van der Waals surface area contributed by atoms with Gasteiger partial charge >= 0.3 is 0 Å². The van der Waals surface area contributed by atoms with Crippen LogP contribution in [0.3, 0.4) is 0 Å². The van der Waals surface area contributed by atoms with Crippen LogP contribution in [0.4, 0.5) is 0 Å². The van der Waals surface area contributed by atoms with Gasteiger partial charge in [0.15, 0.2) is 11.6 Å². The standard InChI is InChI=1S/C36H36N6/c1-35(2,3)33-37-23-41(39-33)31-21-13-11-19-29(31)27-17-9-7-15-25(27)26-16-8-10-18-28(26)30-20-12-14-22-32(30)42-24-38-34(40-42)36(4,5)6/h7-24H,1-6H3. The van der Waals surface area contributed by atoms with E-state index in [4.69, 9.17) is 10.2 Å². The fraction of sp³-hybridized carbons (Fsp3) is 0.222. The van der Waals surface area contributed by atoms with Crippen LogP contribution in [0.15, 0.2) is 110 Å². The minimum absolute atomic E-state index is 0.137. The first-order valence-corrected chi connectivity index (χ1v) is 14.3. The minimum atomic E-state index is -0.137. The molecule has 42 heavy (non-hydrogen) atoms. The van der Waals surface area contributed by atoms with E-state index in [1.807, 2.05) is 34.2 Å². The van der Waals surface area contributed by atoms with Crippen molar-refractivity contribution in [2.45, 2.75) is 52.4 Å². The molecular weight excluding hydrogens is 516 g/mol. The van der Waals surface area contributed by atoms with Crippen molar-refractivity contribution < 1.29 is 0 Å². The fourth-order valence-corrected chi connectivity index (χ4v) is 5.15. The third-order valence-electron chi connectivity index (χ3n) is 7.35. The van der Waals surface area contributed by atoms with Gasteiger partial charge in [-0.2, -0.15) is 10.2 Å². The van der Waals surface area contributed by atoms with Crippen molar-refractivity contribution in [1.29, 1.82) is 0 Å². The molecule has 0 fully saturated rings. The van der Waals surface area contributed by atoms with Gasteiger partial charge in [-0.15, -0.1) is 0 Å². The van der Waals surface area contributed by atoms with Crippen LogP contribution in [0.2, 0.25) is 0 Å². The molecule has 210 valence electrons. The number of hydrogen-bond acceptors (Lipinski definition) is 4. The molecule has 0 N–H and O–H groups in total. The molecule has 2 heterocycles. The highest BCUT2D eigenvalue weighted by Crippen LogP contribution is 2.41. The van der Waals surface area contributed by atoms with Gasteiger partial charge in [-0.1, -0.05) is 126 Å². The second kappa shape index (κ2) is 10.5. The van der Waals surface area contributed by atoms with Gasteiger partial charge in [-0.05, 0) is 34.4 Å². The van der Waals surface area contributed by atoms with Gasteiger partial charge in [-0.3, -0.25) is 0 Å². The smallest absolute Gasteiger partial charge is 0.156 e. The van der Waals surface area contributed by atoms with E-state index in [9.17, 15) is 0 Å². The van der Waals surface area contributed by atoms with Crippen LogP contribution in [0.5, 0.6) is 0 Å². The SMILES string of the molecule is CC(C)(C)c1ncn(-c2ccccc2-c2ccccc2-c2ccccc2-c2ccccc2-n2cnc(C(C)(C)C)n2)n1. The Kier molecular flexibility index (Phi) is 6.85. The fourth-order valence-electron chi connectivity index (χ4n) is 5.15. The first kappa shape index (κ1) is 27.3. The van der Waals surface area contributed by atoms with Crippen molar-refractivity contribution in [3.8, 4) is 44.8 Å². The number of para-hydroxylation sites is 2. The molecule has 0 bridgehead atoms. The number of rotatable bonds is 5. The molecule has 0 aliphatic heterocycles. The summed E-state index contributed by atoms with van der Waals surface area (Å²) in [6.07, 6.45) is 3.63. The highest BCUT2D eigenvalue weighted by Gasteiger charge is 2.22. The van der Waals surface area contributed by atoms with Gasteiger partial charge in [0.25, 0.3) is 0 Å². The van der Waals surface area contributed by atoms with Crippen LogP contribution in [0.25, 0.3) is 44.8 Å². The van der Waals surface area contributed by atoms with Crippen molar-refractivity contribution in [1.82, 2.24) is 29.5 Å². The molecule has 0 spiro atoms. The molecule has 0 radical (unpaired) electrons.